The van der Waals surface area contributed by atoms with Crippen molar-refractivity contribution >= 4 is 29.0 Å². The van der Waals surface area contributed by atoms with Gasteiger partial charge < -0.3 is 16.0 Å². The van der Waals surface area contributed by atoms with Crippen LogP contribution in [0.5, 0.6) is 0 Å². The fourth-order valence-corrected chi connectivity index (χ4v) is 2.59. The quantitative estimate of drug-likeness (QED) is 0.793. The van der Waals surface area contributed by atoms with Crippen molar-refractivity contribution in [3.8, 4) is 0 Å². The van der Waals surface area contributed by atoms with Crippen LogP contribution in [0.1, 0.15) is 11.1 Å². The molecule has 1 aliphatic rings. The lowest BCUT2D eigenvalue weighted by Gasteiger charge is -2.18. The van der Waals surface area contributed by atoms with Crippen LogP contribution in [-0.4, -0.2) is 12.6 Å². The number of carbonyl (C=O) groups excluding carboxylic acids is 1. The summed E-state index contributed by atoms with van der Waals surface area (Å²) in [6.07, 6.45) is 1.03. The number of hydrogen-bond acceptors (Lipinski definition) is 2. The lowest BCUT2D eigenvalue weighted by Crippen LogP contribution is -2.24. The van der Waals surface area contributed by atoms with E-state index in [0.717, 1.165) is 25.2 Å². The number of anilines is 2. The number of nitrogens with one attached hydrogen (secondary N) is 3. The van der Waals surface area contributed by atoms with E-state index < -0.39 is 0 Å². The van der Waals surface area contributed by atoms with Crippen LogP contribution in [0.3, 0.4) is 0 Å². The average Bonchev–Trinajstić information content (AvgIpc) is 2.49. The van der Waals surface area contributed by atoms with Gasteiger partial charge in [0.2, 0.25) is 0 Å². The predicted molar refractivity (Wildman–Crippen MR) is 85.9 cm³/mol. The van der Waals surface area contributed by atoms with Gasteiger partial charge in [0.15, 0.2) is 0 Å². The lowest BCUT2D eigenvalue weighted by atomic mass is 10.0. The van der Waals surface area contributed by atoms with Crippen molar-refractivity contribution in [3.63, 3.8) is 0 Å². The molecule has 3 N–H and O–H groups in total. The van der Waals surface area contributed by atoms with Crippen LogP contribution in [0.25, 0.3) is 0 Å². The molecular weight excluding hydrogens is 286 g/mol. The van der Waals surface area contributed by atoms with Crippen LogP contribution >= 0.6 is 11.6 Å². The molecule has 0 saturated heterocycles. The molecule has 3 rings (SSSR count). The van der Waals surface area contributed by atoms with Gasteiger partial charge in [0, 0.05) is 12.2 Å². The molecule has 0 spiro atoms. The molecule has 5 heteroatoms. The third kappa shape index (κ3) is 3.35. The minimum Gasteiger partial charge on any atom is -0.312 e. The molecule has 2 amide bonds. The van der Waals surface area contributed by atoms with Gasteiger partial charge in [-0.2, -0.15) is 0 Å². The van der Waals surface area contributed by atoms with Crippen molar-refractivity contribution in [1.29, 1.82) is 0 Å². The minimum absolute atomic E-state index is 0.299. The first-order valence-corrected chi connectivity index (χ1v) is 7.25. The van der Waals surface area contributed by atoms with Crippen LogP contribution in [0, 0.1) is 0 Å². The highest BCUT2D eigenvalue weighted by Crippen LogP contribution is 2.22. The number of hydrogen-bond donors (Lipinski definition) is 3. The van der Waals surface area contributed by atoms with E-state index in [-0.39, 0.29) is 6.03 Å². The number of urea groups is 1. The third-order valence-electron chi connectivity index (χ3n) is 3.47. The van der Waals surface area contributed by atoms with Gasteiger partial charge in [0.05, 0.1) is 10.7 Å². The normalized spacial score (nSPS) is 13.4. The second kappa shape index (κ2) is 6.16. The molecule has 0 bridgehead atoms. The molecule has 4 nitrogen and oxygen atoms in total. The van der Waals surface area contributed by atoms with E-state index in [9.17, 15) is 4.79 Å². The maximum atomic E-state index is 12.0. The monoisotopic (exact) mass is 301 g/mol. The van der Waals surface area contributed by atoms with Crippen LogP contribution in [0.4, 0.5) is 16.2 Å². The maximum Gasteiger partial charge on any atom is 0.323 e. The maximum absolute atomic E-state index is 12.0. The van der Waals surface area contributed by atoms with Crippen molar-refractivity contribution < 1.29 is 4.79 Å². The largest absolute Gasteiger partial charge is 0.323 e. The van der Waals surface area contributed by atoms with E-state index in [1.807, 2.05) is 24.3 Å². The highest BCUT2D eigenvalue weighted by atomic mass is 35.5. The van der Waals surface area contributed by atoms with Crippen molar-refractivity contribution in [2.75, 3.05) is 17.2 Å². The second-order valence-electron chi connectivity index (χ2n) is 4.97. The van der Waals surface area contributed by atoms with Crippen molar-refractivity contribution in [2.24, 2.45) is 0 Å². The van der Waals surface area contributed by atoms with Gasteiger partial charge in [0.1, 0.15) is 0 Å². The first-order valence-electron chi connectivity index (χ1n) is 6.87. The summed E-state index contributed by atoms with van der Waals surface area (Å²) in [5.74, 6) is 0. The van der Waals surface area contributed by atoms with Crippen LogP contribution in [-0.2, 0) is 13.0 Å². The molecule has 0 saturated carbocycles. The van der Waals surface area contributed by atoms with Gasteiger partial charge in [0.25, 0.3) is 0 Å². The summed E-state index contributed by atoms with van der Waals surface area (Å²) >= 11 is 6.02. The van der Waals surface area contributed by atoms with E-state index in [1.165, 1.54) is 11.1 Å². The number of para-hydroxylation sites is 1. The topological polar surface area (TPSA) is 53.2 Å². The molecule has 21 heavy (non-hydrogen) atoms. The Bertz CT molecular complexity index is 672. The molecule has 0 aromatic heterocycles. The standard InChI is InChI=1S/C16H16ClN3O/c17-14-3-1-2-4-15(14)20-16(21)19-13-6-5-11-7-8-18-10-12(11)9-13/h1-6,9,18H,7-8,10H2,(H2,19,20,21). The zero-order valence-electron chi connectivity index (χ0n) is 11.4. The summed E-state index contributed by atoms with van der Waals surface area (Å²) in [5.41, 5.74) is 3.95. The van der Waals surface area contributed by atoms with Crippen molar-refractivity contribution in [2.45, 2.75) is 13.0 Å². The molecular formula is C16H16ClN3O. The highest BCUT2D eigenvalue weighted by Gasteiger charge is 2.10. The number of fused-ring (bicyclic) bond motifs is 1. The molecule has 0 radical (unpaired) electrons. The Morgan fingerprint density at radius 2 is 1.95 bits per heavy atom. The first kappa shape index (κ1) is 13.9. The molecule has 0 unspecified atom stereocenters. The first-order chi connectivity index (χ1) is 10.2. The minimum atomic E-state index is -0.299. The fourth-order valence-electron chi connectivity index (χ4n) is 2.41. The third-order valence-corrected chi connectivity index (χ3v) is 3.80. The summed E-state index contributed by atoms with van der Waals surface area (Å²) in [7, 11) is 0. The van der Waals surface area contributed by atoms with E-state index in [1.54, 1.807) is 12.1 Å². The molecule has 2 aromatic carbocycles. The smallest absolute Gasteiger partial charge is 0.312 e. The summed E-state index contributed by atoms with van der Waals surface area (Å²) in [5, 5.41) is 9.41. The second-order valence-corrected chi connectivity index (χ2v) is 5.38. The SMILES string of the molecule is O=C(Nc1ccc2c(c1)CNCC2)Nc1ccccc1Cl. The Hall–Kier alpha value is -2.04. The predicted octanol–water partition coefficient (Wildman–Crippen LogP) is 3.63. The number of halogens is 1. The van der Waals surface area contributed by atoms with E-state index in [2.05, 4.69) is 22.0 Å². The number of amides is 2. The van der Waals surface area contributed by atoms with Gasteiger partial charge in [-0.15, -0.1) is 0 Å². The van der Waals surface area contributed by atoms with E-state index in [4.69, 9.17) is 11.6 Å². The van der Waals surface area contributed by atoms with E-state index in [0.29, 0.717) is 10.7 Å². The van der Waals surface area contributed by atoms with Crippen LogP contribution in [0.15, 0.2) is 42.5 Å². The van der Waals surface area contributed by atoms with Gasteiger partial charge in [-0.25, -0.2) is 4.79 Å². The van der Waals surface area contributed by atoms with Crippen molar-refractivity contribution in [3.05, 3.63) is 58.6 Å². The molecule has 1 aliphatic heterocycles. The summed E-state index contributed by atoms with van der Waals surface area (Å²) in [6, 6.07) is 12.9. The molecule has 0 aliphatic carbocycles. The van der Waals surface area contributed by atoms with Gasteiger partial charge in [-0.3, -0.25) is 0 Å². The van der Waals surface area contributed by atoms with Crippen molar-refractivity contribution in [1.82, 2.24) is 5.32 Å². The summed E-state index contributed by atoms with van der Waals surface area (Å²) < 4.78 is 0. The molecule has 0 fully saturated rings. The molecule has 0 atom stereocenters. The Balaban J connectivity index is 1.69. The summed E-state index contributed by atoms with van der Waals surface area (Å²) in [4.78, 5) is 12.0. The summed E-state index contributed by atoms with van der Waals surface area (Å²) in [6.45, 7) is 1.85. The number of carbonyl (C=O) groups is 1. The molecule has 1 heterocycles. The van der Waals surface area contributed by atoms with Gasteiger partial charge in [-0.1, -0.05) is 29.8 Å². The fraction of sp³-hybridized carbons (Fsp3) is 0.188. The highest BCUT2D eigenvalue weighted by molar-refractivity contribution is 6.33. The Labute approximate surface area is 128 Å². The van der Waals surface area contributed by atoms with Crippen LogP contribution in [0.2, 0.25) is 5.02 Å². The molecule has 108 valence electrons. The van der Waals surface area contributed by atoms with E-state index >= 15 is 0 Å². The Morgan fingerprint density at radius 1 is 1.10 bits per heavy atom. The number of rotatable bonds is 2. The van der Waals surface area contributed by atoms with Gasteiger partial charge >= 0.3 is 6.03 Å². The van der Waals surface area contributed by atoms with Gasteiger partial charge in [-0.05, 0) is 48.4 Å². The Morgan fingerprint density at radius 3 is 2.81 bits per heavy atom. The zero-order chi connectivity index (χ0) is 14.7. The number of benzene rings is 2. The Kier molecular flexibility index (Phi) is 4.08. The zero-order valence-corrected chi connectivity index (χ0v) is 12.2. The average molecular weight is 302 g/mol. The van der Waals surface area contributed by atoms with Crippen LogP contribution < -0.4 is 16.0 Å². The molecule has 2 aromatic rings. The lowest BCUT2D eigenvalue weighted by molar-refractivity contribution is 0.262.